The number of rotatable bonds is 10. The van der Waals surface area contributed by atoms with Crippen LogP contribution in [-0.4, -0.2) is 34.1 Å². The number of aliphatic hydroxyl groups excluding tert-OH is 1. The number of hydrazone groups is 1. The van der Waals surface area contributed by atoms with Crippen molar-refractivity contribution < 1.29 is 19.4 Å². The summed E-state index contributed by atoms with van der Waals surface area (Å²) in [5.74, 6) is 0.765. The Morgan fingerprint density at radius 3 is 2.56 bits per heavy atom. The quantitative estimate of drug-likeness (QED) is 0.233. The molecule has 4 rings (SSSR count). The molecule has 4 N–H and O–H groups in total. The number of nitrogens with two attached hydrogens (primary N) is 1. The lowest BCUT2D eigenvalue weighted by molar-refractivity contribution is 0.0955. The molecule has 0 spiro atoms. The molecule has 0 aliphatic heterocycles. The average Bonchev–Trinajstić information content (AvgIpc) is 3.28. The van der Waals surface area contributed by atoms with Crippen molar-refractivity contribution in [1.29, 1.82) is 0 Å². The zero-order chi connectivity index (χ0) is 25.3. The van der Waals surface area contributed by atoms with Gasteiger partial charge in [-0.25, -0.2) is 10.1 Å². The molecule has 184 valence electrons. The highest BCUT2D eigenvalue weighted by atomic mass is 16.5. The van der Waals surface area contributed by atoms with E-state index >= 15 is 0 Å². The molecule has 1 heterocycles. The Morgan fingerprint density at radius 2 is 1.83 bits per heavy atom. The fourth-order valence-corrected chi connectivity index (χ4v) is 3.51. The van der Waals surface area contributed by atoms with E-state index in [9.17, 15) is 9.90 Å². The highest BCUT2D eigenvalue weighted by Gasteiger charge is 2.17. The van der Waals surface area contributed by atoms with E-state index in [1.807, 2.05) is 60.7 Å². The van der Waals surface area contributed by atoms with E-state index in [4.69, 9.17) is 15.2 Å². The predicted molar refractivity (Wildman–Crippen MR) is 137 cm³/mol. The van der Waals surface area contributed by atoms with Crippen molar-refractivity contribution in [3.63, 3.8) is 0 Å². The van der Waals surface area contributed by atoms with E-state index in [2.05, 4.69) is 15.6 Å². The molecule has 0 aliphatic rings. The van der Waals surface area contributed by atoms with Crippen LogP contribution in [0.3, 0.4) is 0 Å². The lowest BCUT2D eigenvalue weighted by atomic mass is 10.1. The summed E-state index contributed by atoms with van der Waals surface area (Å²) in [5.41, 5.74) is 11.2. The third-order valence-electron chi connectivity index (χ3n) is 5.46. The first-order valence-corrected chi connectivity index (χ1v) is 11.3. The normalized spacial score (nSPS) is 11.8. The number of nitrogens with zero attached hydrogens (tertiary/aromatic N) is 3. The number of benzene rings is 3. The van der Waals surface area contributed by atoms with E-state index in [0.717, 1.165) is 11.1 Å². The maximum Gasteiger partial charge on any atom is 0.276 e. The fraction of sp³-hybridized carbons (Fsp3) is 0.148. The molecule has 9 heteroatoms. The average molecular weight is 486 g/mol. The molecule has 36 heavy (non-hydrogen) atoms. The van der Waals surface area contributed by atoms with Crippen LogP contribution >= 0.6 is 0 Å². The molecule has 1 unspecified atom stereocenters. The molecule has 1 atom stereocenters. The Bertz CT molecular complexity index is 1320. The zero-order valence-electron chi connectivity index (χ0n) is 19.7. The van der Waals surface area contributed by atoms with Crippen LogP contribution in [0.4, 0.5) is 5.82 Å². The van der Waals surface area contributed by atoms with Crippen molar-refractivity contribution in [2.24, 2.45) is 5.10 Å². The number of carbonyl (C=O) groups excluding carboxylic acids is 1. The van der Waals surface area contributed by atoms with Gasteiger partial charge in [0, 0.05) is 0 Å². The zero-order valence-corrected chi connectivity index (χ0v) is 19.7. The Kier molecular flexibility index (Phi) is 7.94. The lowest BCUT2D eigenvalue weighted by Crippen LogP contribution is -2.19. The van der Waals surface area contributed by atoms with Gasteiger partial charge in [0.25, 0.3) is 5.91 Å². The smallest absolute Gasteiger partial charge is 0.276 e. The molecule has 0 aliphatic carbocycles. The second-order valence-corrected chi connectivity index (χ2v) is 7.94. The van der Waals surface area contributed by atoms with Gasteiger partial charge in [0.1, 0.15) is 18.0 Å². The van der Waals surface area contributed by atoms with Crippen LogP contribution in [0.2, 0.25) is 0 Å². The second kappa shape index (κ2) is 11.7. The summed E-state index contributed by atoms with van der Waals surface area (Å²) in [7, 11) is 1.57. The SMILES string of the molecule is COc1ccc(/C=N\NC(=O)c2cnn(CC(O)c3ccccc3)c2N)cc1OCc1ccccc1. The number of hydrogen-bond donors (Lipinski definition) is 3. The van der Waals surface area contributed by atoms with Crippen LogP contribution in [0.25, 0.3) is 0 Å². The molecular weight excluding hydrogens is 458 g/mol. The first-order chi connectivity index (χ1) is 17.5. The second-order valence-electron chi connectivity index (χ2n) is 7.94. The van der Waals surface area contributed by atoms with E-state index in [1.165, 1.54) is 17.1 Å². The van der Waals surface area contributed by atoms with Gasteiger partial charge in [-0.3, -0.25) is 4.79 Å². The number of nitrogens with one attached hydrogen (secondary N) is 1. The Morgan fingerprint density at radius 1 is 1.11 bits per heavy atom. The first-order valence-electron chi connectivity index (χ1n) is 11.3. The summed E-state index contributed by atoms with van der Waals surface area (Å²) < 4.78 is 12.7. The highest BCUT2D eigenvalue weighted by Crippen LogP contribution is 2.28. The number of aliphatic hydroxyl groups is 1. The summed E-state index contributed by atoms with van der Waals surface area (Å²) in [6, 6.07) is 24.3. The van der Waals surface area contributed by atoms with Crippen molar-refractivity contribution in [3.8, 4) is 11.5 Å². The molecule has 0 bridgehead atoms. The summed E-state index contributed by atoms with van der Waals surface area (Å²) in [5, 5.41) is 18.6. The number of amides is 1. The van der Waals surface area contributed by atoms with E-state index < -0.39 is 12.0 Å². The van der Waals surface area contributed by atoms with Crippen LogP contribution < -0.4 is 20.6 Å². The number of aromatic nitrogens is 2. The minimum absolute atomic E-state index is 0.115. The van der Waals surface area contributed by atoms with Crippen molar-refractivity contribution in [2.45, 2.75) is 19.3 Å². The summed E-state index contributed by atoms with van der Waals surface area (Å²) in [6.07, 6.45) is 2.03. The van der Waals surface area contributed by atoms with Gasteiger partial charge in [0.05, 0.1) is 32.2 Å². The number of anilines is 1. The van der Waals surface area contributed by atoms with Gasteiger partial charge in [-0.2, -0.15) is 10.2 Å². The first kappa shape index (κ1) is 24.5. The molecule has 0 radical (unpaired) electrons. The summed E-state index contributed by atoms with van der Waals surface area (Å²) >= 11 is 0. The third kappa shape index (κ3) is 6.08. The van der Waals surface area contributed by atoms with Crippen LogP contribution in [0.5, 0.6) is 11.5 Å². The van der Waals surface area contributed by atoms with Crippen LogP contribution in [0, 0.1) is 0 Å². The molecule has 0 saturated carbocycles. The van der Waals surface area contributed by atoms with Gasteiger partial charge in [-0.1, -0.05) is 60.7 Å². The number of nitrogen functional groups attached to an aromatic ring is 1. The Labute approximate surface area is 208 Å². The molecule has 4 aromatic rings. The molecule has 1 amide bonds. The number of methoxy groups -OCH3 is 1. The van der Waals surface area contributed by atoms with Gasteiger partial charge in [-0.15, -0.1) is 0 Å². The molecule has 3 aromatic carbocycles. The van der Waals surface area contributed by atoms with Crippen molar-refractivity contribution >= 4 is 17.9 Å². The molecule has 0 fully saturated rings. The standard InChI is InChI=1S/C27H27N5O4/c1-35-24-13-12-20(14-25(24)36-18-19-8-4-2-5-9-19)15-29-31-27(34)22-16-30-32(26(22)28)17-23(33)21-10-6-3-7-11-21/h2-16,23,33H,17-18,28H2,1H3,(H,31,34)/b29-15-. The van der Waals surface area contributed by atoms with Crippen LogP contribution in [0.15, 0.2) is 90.2 Å². The fourth-order valence-electron chi connectivity index (χ4n) is 3.51. The maximum atomic E-state index is 12.6. The van der Waals surface area contributed by atoms with Crippen LogP contribution in [0.1, 0.15) is 33.2 Å². The van der Waals surface area contributed by atoms with Crippen LogP contribution in [-0.2, 0) is 13.2 Å². The topological polar surface area (TPSA) is 124 Å². The molecule has 0 saturated heterocycles. The maximum absolute atomic E-state index is 12.6. The largest absolute Gasteiger partial charge is 0.493 e. The summed E-state index contributed by atoms with van der Waals surface area (Å²) in [6.45, 7) is 0.501. The van der Waals surface area contributed by atoms with E-state index in [-0.39, 0.29) is 17.9 Å². The lowest BCUT2D eigenvalue weighted by Gasteiger charge is -2.12. The van der Waals surface area contributed by atoms with E-state index in [1.54, 1.807) is 25.3 Å². The van der Waals surface area contributed by atoms with Crippen molar-refractivity contribution in [2.75, 3.05) is 12.8 Å². The Hall–Kier alpha value is -4.63. The number of carbonyl (C=O) groups is 1. The van der Waals surface area contributed by atoms with Gasteiger partial charge in [-0.05, 0) is 34.9 Å². The monoisotopic (exact) mass is 485 g/mol. The minimum Gasteiger partial charge on any atom is -0.493 e. The van der Waals surface area contributed by atoms with Gasteiger partial charge in [0.15, 0.2) is 11.5 Å². The molecular formula is C27H27N5O4. The number of hydrogen-bond acceptors (Lipinski definition) is 7. The minimum atomic E-state index is -0.810. The van der Waals surface area contributed by atoms with Gasteiger partial charge >= 0.3 is 0 Å². The van der Waals surface area contributed by atoms with Gasteiger partial charge in [0.2, 0.25) is 0 Å². The van der Waals surface area contributed by atoms with Crippen molar-refractivity contribution in [3.05, 3.63) is 107 Å². The molecule has 1 aromatic heterocycles. The van der Waals surface area contributed by atoms with Gasteiger partial charge < -0.3 is 20.3 Å². The van der Waals surface area contributed by atoms with Crippen molar-refractivity contribution in [1.82, 2.24) is 15.2 Å². The summed E-state index contributed by atoms with van der Waals surface area (Å²) in [4.78, 5) is 12.6. The third-order valence-corrected chi connectivity index (χ3v) is 5.46. The van der Waals surface area contributed by atoms with E-state index in [0.29, 0.717) is 23.7 Å². The Balaban J connectivity index is 1.38. The number of ether oxygens (including phenoxy) is 2. The molecule has 9 nitrogen and oxygen atoms in total. The highest BCUT2D eigenvalue weighted by molar-refractivity contribution is 5.98. The predicted octanol–water partition coefficient (Wildman–Crippen LogP) is 3.55.